The Morgan fingerprint density at radius 1 is 1.06 bits per heavy atom. The number of ether oxygens (including phenoxy) is 1. The number of pyridine rings is 1. The number of aliphatic hydroxyl groups excluding tert-OH is 1. The Hall–Kier alpha value is -3.18. The van der Waals surface area contributed by atoms with E-state index >= 15 is 0 Å². The number of rotatable bonds is 9. The first-order chi connectivity index (χ1) is 15.5. The lowest BCUT2D eigenvalue weighted by molar-refractivity contribution is 0.0591. The van der Waals surface area contributed by atoms with Crippen molar-refractivity contribution in [1.82, 2.24) is 9.88 Å². The third-order valence-corrected chi connectivity index (χ3v) is 6.10. The van der Waals surface area contributed by atoms with Crippen LogP contribution in [-0.2, 0) is 13.2 Å². The monoisotopic (exact) mass is 430 g/mol. The smallest absolute Gasteiger partial charge is 0.273 e. The molecular formula is C27H30N2O3. The van der Waals surface area contributed by atoms with Crippen molar-refractivity contribution in [3.8, 4) is 5.88 Å². The topological polar surface area (TPSA) is 62.7 Å². The number of aromatic nitrogens is 1. The normalized spacial score (nSPS) is 18.1. The minimum Gasteiger partial charge on any atom is -0.473 e. The van der Waals surface area contributed by atoms with E-state index in [-0.39, 0.29) is 18.6 Å². The van der Waals surface area contributed by atoms with E-state index in [1.807, 2.05) is 37.3 Å². The van der Waals surface area contributed by atoms with Crippen LogP contribution in [0.5, 0.6) is 5.88 Å². The molecule has 1 aromatic heterocycles. The van der Waals surface area contributed by atoms with Crippen LogP contribution in [0.15, 0.2) is 72.8 Å². The highest BCUT2D eigenvalue weighted by Crippen LogP contribution is 2.46. The molecule has 1 amide bonds. The highest BCUT2D eigenvalue weighted by atomic mass is 16.5. The second kappa shape index (κ2) is 9.96. The van der Waals surface area contributed by atoms with Gasteiger partial charge in [-0.05, 0) is 47.9 Å². The maximum atomic E-state index is 13.3. The van der Waals surface area contributed by atoms with Crippen molar-refractivity contribution in [3.05, 3.63) is 95.2 Å². The second-order valence-corrected chi connectivity index (χ2v) is 8.66. The van der Waals surface area contributed by atoms with Crippen molar-refractivity contribution < 1.29 is 14.6 Å². The van der Waals surface area contributed by atoms with Crippen molar-refractivity contribution in [3.63, 3.8) is 0 Å². The van der Waals surface area contributed by atoms with Crippen molar-refractivity contribution >= 4 is 5.91 Å². The molecule has 0 radical (unpaired) electrons. The molecule has 1 aliphatic rings. The average molecular weight is 431 g/mol. The summed E-state index contributed by atoms with van der Waals surface area (Å²) in [5.41, 5.74) is 3.73. The van der Waals surface area contributed by atoms with E-state index in [4.69, 9.17) is 4.74 Å². The van der Waals surface area contributed by atoms with E-state index in [1.54, 1.807) is 23.1 Å². The molecule has 0 aliphatic heterocycles. The molecule has 0 spiro atoms. The molecule has 4 rings (SSSR count). The van der Waals surface area contributed by atoms with Gasteiger partial charge in [-0.1, -0.05) is 67.6 Å². The zero-order chi connectivity index (χ0) is 22.5. The predicted octanol–water partition coefficient (Wildman–Crippen LogP) is 4.81. The van der Waals surface area contributed by atoms with E-state index in [9.17, 15) is 9.90 Å². The molecular weight excluding hydrogens is 400 g/mol. The SMILES string of the molecule is CC1CC1c1ccc(CN(C(=O)c2cccc(OCc3ccccc3)n2)C(C)CO)cc1. The Labute approximate surface area is 189 Å². The van der Waals surface area contributed by atoms with Gasteiger partial charge in [0, 0.05) is 12.6 Å². The molecule has 166 valence electrons. The summed E-state index contributed by atoms with van der Waals surface area (Å²) in [6.45, 7) is 4.79. The molecule has 5 nitrogen and oxygen atoms in total. The van der Waals surface area contributed by atoms with E-state index in [0.717, 1.165) is 17.0 Å². The van der Waals surface area contributed by atoms with Crippen molar-refractivity contribution in [2.24, 2.45) is 5.92 Å². The fourth-order valence-electron chi connectivity index (χ4n) is 3.87. The molecule has 1 heterocycles. The van der Waals surface area contributed by atoms with Crippen LogP contribution in [-0.4, -0.2) is 33.5 Å². The standard InChI is InChI=1S/C27H30N2O3/c1-19-15-24(19)23-13-11-21(12-14-23)16-29(20(2)17-30)27(31)25-9-6-10-26(28-25)32-18-22-7-4-3-5-8-22/h3-14,19-20,24,30H,15-18H2,1-2H3. The van der Waals surface area contributed by atoms with Crippen molar-refractivity contribution in [1.29, 1.82) is 0 Å². The van der Waals surface area contributed by atoms with Crippen LogP contribution in [0.3, 0.4) is 0 Å². The summed E-state index contributed by atoms with van der Waals surface area (Å²) in [6, 6.07) is 23.2. The minimum absolute atomic E-state index is 0.117. The van der Waals surface area contributed by atoms with Gasteiger partial charge in [0.05, 0.1) is 12.6 Å². The predicted molar refractivity (Wildman–Crippen MR) is 124 cm³/mol. The van der Waals surface area contributed by atoms with Gasteiger partial charge < -0.3 is 14.7 Å². The largest absolute Gasteiger partial charge is 0.473 e. The van der Waals surface area contributed by atoms with Crippen molar-refractivity contribution in [2.45, 2.75) is 45.4 Å². The van der Waals surface area contributed by atoms with Crippen LogP contribution in [0.1, 0.15) is 53.4 Å². The summed E-state index contributed by atoms with van der Waals surface area (Å²) < 4.78 is 5.79. The maximum absolute atomic E-state index is 13.3. The van der Waals surface area contributed by atoms with Gasteiger partial charge in [0.15, 0.2) is 0 Å². The van der Waals surface area contributed by atoms with Gasteiger partial charge in [-0.25, -0.2) is 4.98 Å². The lowest BCUT2D eigenvalue weighted by Crippen LogP contribution is -2.40. The van der Waals surface area contributed by atoms with Crippen LogP contribution in [0.25, 0.3) is 0 Å². The Bertz CT molecular complexity index is 1040. The van der Waals surface area contributed by atoms with Gasteiger partial charge in [0.1, 0.15) is 12.3 Å². The molecule has 32 heavy (non-hydrogen) atoms. The van der Waals surface area contributed by atoms with Crippen LogP contribution in [0, 0.1) is 5.92 Å². The molecule has 3 aromatic rings. The van der Waals surface area contributed by atoms with Crippen LogP contribution >= 0.6 is 0 Å². The third-order valence-electron chi connectivity index (χ3n) is 6.10. The molecule has 0 bridgehead atoms. The van der Waals surface area contributed by atoms with E-state index in [1.165, 1.54) is 12.0 Å². The minimum atomic E-state index is -0.332. The van der Waals surface area contributed by atoms with Crippen LogP contribution < -0.4 is 4.74 Å². The number of nitrogens with zero attached hydrogens (tertiary/aromatic N) is 2. The quantitative estimate of drug-likeness (QED) is 0.529. The van der Waals surface area contributed by atoms with E-state index < -0.39 is 0 Å². The third kappa shape index (κ3) is 5.35. The summed E-state index contributed by atoms with van der Waals surface area (Å²) in [5, 5.41) is 9.76. The number of amides is 1. The lowest BCUT2D eigenvalue weighted by atomic mass is 10.1. The summed E-state index contributed by atoms with van der Waals surface area (Å²) >= 11 is 0. The highest BCUT2D eigenvalue weighted by Gasteiger charge is 2.33. The number of aliphatic hydroxyl groups is 1. The highest BCUT2D eigenvalue weighted by molar-refractivity contribution is 5.92. The van der Waals surface area contributed by atoms with Crippen LogP contribution in [0.2, 0.25) is 0 Å². The molecule has 3 unspecified atom stereocenters. The molecule has 0 saturated heterocycles. The van der Waals surface area contributed by atoms with Gasteiger partial charge in [0.2, 0.25) is 5.88 Å². The summed E-state index contributed by atoms with van der Waals surface area (Å²) in [7, 11) is 0. The summed E-state index contributed by atoms with van der Waals surface area (Å²) in [4.78, 5) is 19.4. The van der Waals surface area contributed by atoms with E-state index in [2.05, 4.69) is 36.2 Å². The molecule has 3 atom stereocenters. The van der Waals surface area contributed by atoms with Gasteiger partial charge in [0.25, 0.3) is 5.91 Å². The molecule has 1 aliphatic carbocycles. The molecule has 1 saturated carbocycles. The zero-order valence-corrected chi connectivity index (χ0v) is 18.6. The molecule has 1 N–H and O–H groups in total. The van der Waals surface area contributed by atoms with Gasteiger partial charge in [-0.15, -0.1) is 0 Å². The number of benzene rings is 2. The maximum Gasteiger partial charge on any atom is 0.273 e. The Morgan fingerprint density at radius 3 is 2.44 bits per heavy atom. The summed E-state index contributed by atoms with van der Waals surface area (Å²) in [5.74, 6) is 1.60. The number of hydrogen-bond acceptors (Lipinski definition) is 4. The Balaban J connectivity index is 1.46. The summed E-state index contributed by atoms with van der Waals surface area (Å²) in [6.07, 6.45) is 1.25. The zero-order valence-electron chi connectivity index (χ0n) is 18.6. The first-order valence-electron chi connectivity index (χ1n) is 11.2. The van der Waals surface area contributed by atoms with Crippen molar-refractivity contribution in [2.75, 3.05) is 6.61 Å². The second-order valence-electron chi connectivity index (χ2n) is 8.66. The fourth-order valence-corrected chi connectivity index (χ4v) is 3.87. The number of carbonyl (C=O) groups is 1. The number of hydrogen-bond donors (Lipinski definition) is 1. The Kier molecular flexibility index (Phi) is 6.86. The average Bonchev–Trinajstić information content (AvgIpc) is 3.58. The van der Waals surface area contributed by atoms with Gasteiger partial charge in [-0.3, -0.25) is 4.79 Å². The number of carbonyl (C=O) groups excluding carboxylic acids is 1. The molecule has 5 heteroatoms. The lowest BCUT2D eigenvalue weighted by Gasteiger charge is -2.28. The van der Waals surface area contributed by atoms with Gasteiger partial charge in [-0.2, -0.15) is 0 Å². The van der Waals surface area contributed by atoms with Crippen LogP contribution in [0.4, 0.5) is 0 Å². The van der Waals surface area contributed by atoms with E-state index in [0.29, 0.717) is 30.6 Å². The fraction of sp³-hybridized carbons (Fsp3) is 0.333. The first-order valence-corrected chi connectivity index (χ1v) is 11.2. The molecule has 1 fully saturated rings. The Morgan fingerprint density at radius 2 is 1.78 bits per heavy atom. The van der Waals surface area contributed by atoms with Gasteiger partial charge >= 0.3 is 0 Å². The first kappa shape index (κ1) is 22.0. The molecule has 2 aromatic carbocycles.